The molecule has 0 spiro atoms. The second-order valence-electron chi connectivity index (χ2n) is 4.09. The molecule has 0 saturated carbocycles. The van der Waals surface area contributed by atoms with Gasteiger partial charge in [-0.15, -0.1) is 0 Å². The third-order valence-electron chi connectivity index (χ3n) is 2.61. The van der Waals surface area contributed by atoms with Crippen molar-refractivity contribution >= 4 is 5.91 Å². The van der Waals surface area contributed by atoms with E-state index in [1.807, 2.05) is 31.2 Å². The Labute approximate surface area is 109 Å². The summed E-state index contributed by atoms with van der Waals surface area (Å²) >= 11 is 0. The van der Waals surface area contributed by atoms with E-state index in [1.54, 1.807) is 0 Å². The Morgan fingerprint density at radius 1 is 1.33 bits per heavy atom. The number of hydrogen-bond donors (Lipinski definition) is 2. The first-order chi connectivity index (χ1) is 8.67. The van der Waals surface area contributed by atoms with Crippen LogP contribution in [0.25, 0.3) is 0 Å². The highest BCUT2D eigenvalue weighted by molar-refractivity contribution is 5.77. The van der Waals surface area contributed by atoms with Gasteiger partial charge in [-0.1, -0.05) is 19.1 Å². The molecular weight excluding hydrogens is 228 g/mol. The third kappa shape index (κ3) is 4.75. The lowest BCUT2D eigenvalue weighted by Crippen LogP contribution is -2.28. The van der Waals surface area contributed by atoms with Crippen molar-refractivity contribution in [3.8, 4) is 5.75 Å². The second kappa shape index (κ2) is 7.71. The molecule has 4 nitrogen and oxygen atoms in total. The average molecular weight is 250 g/mol. The fraction of sp³-hybridized carbons (Fsp3) is 0.500. The summed E-state index contributed by atoms with van der Waals surface area (Å²) in [6, 6.07) is 8.10. The molecule has 0 fully saturated rings. The molecule has 1 aromatic carbocycles. The van der Waals surface area contributed by atoms with E-state index in [0.29, 0.717) is 6.54 Å². The van der Waals surface area contributed by atoms with Gasteiger partial charge in [-0.05, 0) is 38.1 Å². The minimum atomic E-state index is -0.0948. The lowest BCUT2D eigenvalue weighted by molar-refractivity contribution is -0.122. The lowest BCUT2D eigenvalue weighted by atomic mass is 10.1. The molecule has 100 valence electrons. The molecule has 0 aliphatic carbocycles. The van der Waals surface area contributed by atoms with E-state index < -0.39 is 0 Å². The molecule has 0 aliphatic heterocycles. The zero-order chi connectivity index (χ0) is 13.4. The summed E-state index contributed by atoms with van der Waals surface area (Å²) in [7, 11) is 0. The molecule has 1 unspecified atom stereocenters. The smallest absolute Gasteiger partial charge is 0.257 e. The standard InChI is InChI=1S/C14H22N2O2/c1-4-15-11(3)12-7-6-8-13(9-12)18-10-14(17)16-5-2/h6-9,11,15H,4-5,10H2,1-3H3,(H,16,17). The molecule has 0 heterocycles. The van der Waals surface area contributed by atoms with Crippen LogP contribution in [0.1, 0.15) is 32.4 Å². The first-order valence-electron chi connectivity index (χ1n) is 6.40. The van der Waals surface area contributed by atoms with E-state index in [1.165, 1.54) is 0 Å². The molecule has 4 heteroatoms. The van der Waals surface area contributed by atoms with E-state index in [9.17, 15) is 4.79 Å². The number of ether oxygens (including phenoxy) is 1. The number of rotatable bonds is 7. The van der Waals surface area contributed by atoms with E-state index in [2.05, 4.69) is 24.5 Å². The maximum atomic E-state index is 11.3. The Hall–Kier alpha value is -1.55. The number of hydrogen-bond acceptors (Lipinski definition) is 3. The first-order valence-corrected chi connectivity index (χ1v) is 6.40. The molecule has 1 aromatic rings. The van der Waals surface area contributed by atoms with Gasteiger partial charge in [0.2, 0.25) is 0 Å². The van der Waals surface area contributed by atoms with Crippen molar-refractivity contribution in [2.45, 2.75) is 26.8 Å². The fourth-order valence-corrected chi connectivity index (χ4v) is 1.69. The summed E-state index contributed by atoms with van der Waals surface area (Å²) in [5.41, 5.74) is 1.16. The zero-order valence-corrected chi connectivity index (χ0v) is 11.3. The van der Waals surface area contributed by atoms with Crippen molar-refractivity contribution < 1.29 is 9.53 Å². The van der Waals surface area contributed by atoms with Gasteiger partial charge in [-0.3, -0.25) is 4.79 Å². The summed E-state index contributed by atoms with van der Waals surface area (Å²) in [6.45, 7) is 7.67. The van der Waals surface area contributed by atoms with Gasteiger partial charge in [-0.2, -0.15) is 0 Å². The van der Waals surface area contributed by atoms with Gasteiger partial charge in [0.25, 0.3) is 5.91 Å². The Bertz CT molecular complexity index is 380. The maximum absolute atomic E-state index is 11.3. The third-order valence-corrected chi connectivity index (χ3v) is 2.61. The van der Waals surface area contributed by atoms with Gasteiger partial charge < -0.3 is 15.4 Å². The molecule has 0 aromatic heterocycles. The second-order valence-corrected chi connectivity index (χ2v) is 4.09. The largest absolute Gasteiger partial charge is 0.484 e. The summed E-state index contributed by atoms with van der Waals surface area (Å²) in [6.07, 6.45) is 0. The highest BCUT2D eigenvalue weighted by Gasteiger charge is 2.06. The fourth-order valence-electron chi connectivity index (χ4n) is 1.69. The number of carbonyl (C=O) groups excluding carboxylic acids is 1. The molecule has 18 heavy (non-hydrogen) atoms. The highest BCUT2D eigenvalue weighted by Crippen LogP contribution is 2.18. The van der Waals surface area contributed by atoms with Crippen LogP contribution in [-0.4, -0.2) is 25.6 Å². The normalized spacial score (nSPS) is 11.9. The molecule has 1 rings (SSSR count). The number of carbonyl (C=O) groups is 1. The van der Waals surface area contributed by atoms with Gasteiger partial charge in [-0.25, -0.2) is 0 Å². The van der Waals surface area contributed by atoms with E-state index >= 15 is 0 Å². The van der Waals surface area contributed by atoms with E-state index in [-0.39, 0.29) is 18.6 Å². The van der Waals surface area contributed by atoms with Gasteiger partial charge in [0.1, 0.15) is 5.75 Å². The molecule has 1 amide bonds. The predicted octanol–water partition coefficient (Wildman–Crippen LogP) is 1.87. The predicted molar refractivity (Wildman–Crippen MR) is 72.7 cm³/mol. The maximum Gasteiger partial charge on any atom is 0.257 e. The van der Waals surface area contributed by atoms with Gasteiger partial charge in [0.15, 0.2) is 6.61 Å². The van der Waals surface area contributed by atoms with Crippen molar-refractivity contribution in [2.75, 3.05) is 19.7 Å². The van der Waals surface area contributed by atoms with Crippen LogP contribution in [0, 0.1) is 0 Å². The molecule has 0 bridgehead atoms. The summed E-state index contributed by atoms with van der Waals surface area (Å²) in [4.78, 5) is 11.3. The first kappa shape index (κ1) is 14.5. The van der Waals surface area contributed by atoms with Crippen molar-refractivity contribution in [2.24, 2.45) is 0 Å². The van der Waals surface area contributed by atoms with Crippen molar-refractivity contribution in [1.29, 1.82) is 0 Å². The topological polar surface area (TPSA) is 50.4 Å². The van der Waals surface area contributed by atoms with Crippen molar-refractivity contribution in [3.05, 3.63) is 29.8 Å². The minimum Gasteiger partial charge on any atom is -0.484 e. The van der Waals surface area contributed by atoms with Crippen LogP contribution in [0.5, 0.6) is 5.75 Å². The van der Waals surface area contributed by atoms with Crippen LogP contribution >= 0.6 is 0 Å². The van der Waals surface area contributed by atoms with Gasteiger partial charge in [0, 0.05) is 12.6 Å². The number of nitrogens with one attached hydrogen (secondary N) is 2. The SMILES string of the molecule is CCNC(=O)COc1cccc(C(C)NCC)c1. The monoisotopic (exact) mass is 250 g/mol. The van der Waals surface area contributed by atoms with Crippen molar-refractivity contribution in [1.82, 2.24) is 10.6 Å². The van der Waals surface area contributed by atoms with E-state index in [0.717, 1.165) is 17.9 Å². The molecule has 1 atom stereocenters. The van der Waals surface area contributed by atoms with Crippen LogP contribution in [0.2, 0.25) is 0 Å². The number of likely N-dealkylation sites (N-methyl/N-ethyl adjacent to an activating group) is 1. The summed E-state index contributed by atoms with van der Waals surface area (Å²) in [5.74, 6) is 0.631. The van der Waals surface area contributed by atoms with Crippen LogP contribution in [0.3, 0.4) is 0 Å². The van der Waals surface area contributed by atoms with Crippen LogP contribution in [0.15, 0.2) is 24.3 Å². The zero-order valence-electron chi connectivity index (χ0n) is 11.3. The molecular formula is C14H22N2O2. The minimum absolute atomic E-state index is 0.0624. The summed E-state index contributed by atoms with van der Waals surface area (Å²) in [5, 5.41) is 6.04. The quantitative estimate of drug-likeness (QED) is 0.776. The van der Waals surface area contributed by atoms with Crippen LogP contribution in [-0.2, 0) is 4.79 Å². The number of amides is 1. The van der Waals surface area contributed by atoms with Crippen molar-refractivity contribution in [3.63, 3.8) is 0 Å². The van der Waals surface area contributed by atoms with Crippen LogP contribution in [0.4, 0.5) is 0 Å². The number of benzene rings is 1. The van der Waals surface area contributed by atoms with Gasteiger partial charge in [0.05, 0.1) is 0 Å². The Balaban J connectivity index is 2.56. The Morgan fingerprint density at radius 2 is 2.11 bits per heavy atom. The van der Waals surface area contributed by atoms with Gasteiger partial charge >= 0.3 is 0 Å². The van der Waals surface area contributed by atoms with E-state index in [4.69, 9.17) is 4.74 Å². The van der Waals surface area contributed by atoms with Crippen LogP contribution < -0.4 is 15.4 Å². The molecule has 2 N–H and O–H groups in total. The average Bonchev–Trinajstić information content (AvgIpc) is 2.37. The summed E-state index contributed by atoms with van der Waals surface area (Å²) < 4.78 is 5.45. The Morgan fingerprint density at radius 3 is 2.78 bits per heavy atom. The molecule has 0 radical (unpaired) electrons. The highest BCUT2D eigenvalue weighted by atomic mass is 16.5. The molecule has 0 aliphatic rings. The Kier molecular flexibility index (Phi) is 6.22. The lowest BCUT2D eigenvalue weighted by Gasteiger charge is -2.14. The molecule has 0 saturated heterocycles.